The van der Waals surface area contributed by atoms with E-state index in [0.29, 0.717) is 23.1 Å². The van der Waals surface area contributed by atoms with E-state index >= 15 is 0 Å². The fraction of sp³-hybridized carbons (Fsp3) is 0.130. The zero-order chi connectivity index (χ0) is 21.9. The smallest absolute Gasteiger partial charge is 0.319 e. The number of carbonyl (C=O) groups is 2. The molecule has 2 aromatic heterocycles. The monoisotopic (exact) mass is 444 g/mol. The lowest BCUT2D eigenvalue weighted by Gasteiger charge is -2.08. The first-order chi connectivity index (χ1) is 15.6. The summed E-state index contributed by atoms with van der Waals surface area (Å²) in [7, 11) is 0. The molecule has 0 radical (unpaired) electrons. The molecule has 4 aromatic rings. The molecule has 8 nitrogen and oxygen atoms in total. The van der Waals surface area contributed by atoms with E-state index in [-0.39, 0.29) is 11.9 Å². The lowest BCUT2D eigenvalue weighted by molar-refractivity contribution is 0.102. The van der Waals surface area contributed by atoms with E-state index in [1.807, 2.05) is 36.5 Å². The van der Waals surface area contributed by atoms with Crippen molar-refractivity contribution in [2.75, 3.05) is 10.6 Å². The van der Waals surface area contributed by atoms with Gasteiger partial charge in [-0.3, -0.25) is 4.79 Å². The Hall–Kier alpha value is -3.98. The van der Waals surface area contributed by atoms with Crippen molar-refractivity contribution in [3.63, 3.8) is 0 Å². The average Bonchev–Trinajstić information content (AvgIpc) is 3.28. The van der Waals surface area contributed by atoms with Gasteiger partial charge in [-0.1, -0.05) is 18.2 Å². The molecule has 2 aromatic carbocycles. The van der Waals surface area contributed by atoms with Crippen molar-refractivity contribution in [2.24, 2.45) is 0 Å². The number of benzene rings is 2. The summed E-state index contributed by atoms with van der Waals surface area (Å²) < 4.78 is 1.77. The number of urea groups is 1. The second-order valence-corrected chi connectivity index (χ2v) is 8.31. The predicted octanol–water partition coefficient (Wildman–Crippen LogP) is 4.53. The highest BCUT2D eigenvalue weighted by molar-refractivity contribution is 7.13. The van der Waals surface area contributed by atoms with Crippen molar-refractivity contribution in [2.45, 2.75) is 18.9 Å². The Morgan fingerprint density at radius 3 is 2.41 bits per heavy atom. The number of nitrogens with one attached hydrogen (secondary N) is 3. The number of hydrogen-bond donors (Lipinski definition) is 3. The molecule has 1 fully saturated rings. The third-order valence-electron chi connectivity index (χ3n) is 4.90. The average molecular weight is 445 g/mol. The fourth-order valence-electron chi connectivity index (χ4n) is 3.08. The van der Waals surface area contributed by atoms with Crippen LogP contribution in [0.3, 0.4) is 0 Å². The molecule has 0 unspecified atom stereocenters. The van der Waals surface area contributed by atoms with Gasteiger partial charge in [0.1, 0.15) is 10.7 Å². The van der Waals surface area contributed by atoms with Crippen molar-refractivity contribution < 1.29 is 9.59 Å². The Morgan fingerprint density at radius 1 is 0.969 bits per heavy atom. The van der Waals surface area contributed by atoms with Crippen LogP contribution in [0.15, 0.2) is 72.4 Å². The van der Waals surface area contributed by atoms with E-state index in [9.17, 15) is 9.59 Å². The molecule has 160 valence electrons. The molecule has 1 saturated carbocycles. The maximum atomic E-state index is 12.6. The van der Waals surface area contributed by atoms with E-state index < -0.39 is 0 Å². The molecular formula is C23H20N6O2S. The molecule has 2 heterocycles. The Kier molecular flexibility index (Phi) is 5.39. The van der Waals surface area contributed by atoms with Crippen LogP contribution in [-0.2, 0) is 0 Å². The molecule has 0 saturated heterocycles. The van der Waals surface area contributed by atoms with Crippen LogP contribution in [0.4, 0.5) is 16.2 Å². The van der Waals surface area contributed by atoms with E-state index in [0.717, 1.165) is 29.1 Å². The van der Waals surface area contributed by atoms with Gasteiger partial charge in [-0.2, -0.15) is 5.10 Å². The number of amides is 3. The van der Waals surface area contributed by atoms with Gasteiger partial charge in [-0.15, -0.1) is 11.3 Å². The van der Waals surface area contributed by atoms with Gasteiger partial charge in [0, 0.05) is 34.6 Å². The largest absolute Gasteiger partial charge is 0.335 e. The number of aromatic nitrogens is 3. The van der Waals surface area contributed by atoms with Crippen LogP contribution < -0.4 is 16.0 Å². The van der Waals surface area contributed by atoms with Crippen LogP contribution in [0.1, 0.15) is 23.3 Å². The number of rotatable bonds is 6. The first-order valence-electron chi connectivity index (χ1n) is 10.2. The summed E-state index contributed by atoms with van der Waals surface area (Å²) in [5.74, 6) is -0.296. The topological polar surface area (TPSA) is 101 Å². The van der Waals surface area contributed by atoms with Gasteiger partial charge in [-0.25, -0.2) is 14.5 Å². The van der Waals surface area contributed by atoms with Gasteiger partial charge in [-0.05, 0) is 49.2 Å². The van der Waals surface area contributed by atoms with Crippen LogP contribution in [-0.4, -0.2) is 32.7 Å². The summed E-state index contributed by atoms with van der Waals surface area (Å²) in [4.78, 5) is 28.9. The van der Waals surface area contributed by atoms with E-state index in [2.05, 4.69) is 26.0 Å². The molecule has 32 heavy (non-hydrogen) atoms. The van der Waals surface area contributed by atoms with Crippen molar-refractivity contribution >= 4 is 34.6 Å². The first kappa shape index (κ1) is 20.0. The molecule has 0 aliphatic heterocycles. The summed E-state index contributed by atoms with van der Waals surface area (Å²) in [6.45, 7) is 0. The normalized spacial score (nSPS) is 12.9. The van der Waals surface area contributed by atoms with Crippen molar-refractivity contribution in [1.29, 1.82) is 0 Å². The number of hydrogen-bond acceptors (Lipinski definition) is 5. The number of anilines is 2. The van der Waals surface area contributed by atoms with Crippen LogP contribution in [0.2, 0.25) is 0 Å². The second kappa shape index (κ2) is 8.64. The Morgan fingerprint density at radius 2 is 1.69 bits per heavy atom. The third-order valence-corrected chi connectivity index (χ3v) is 5.79. The van der Waals surface area contributed by atoms with E-state index in [4.69, 9.17) is 0 Å². The molecule has 3 amide bonds. The highest BCUT2D eigenvalue weighted by Gasteiger charge is 2.23. The molecule has 5 rings (SSSR count). The van der Waals surface area contributed by atoms with Crippen LogP contribution in [0, 0.1) is 0 Å². The maximum Gasteiger partial charge on any atom is 0.319 e. The molecule has 1 aliphatic rings. The van der Waals surface area contributed by atoms with Gasteiger partial charge in [0.25, 0.3) is 5.91 Å². The lowest BCUT2D eigenvalue weighted by Crippen LogP contribution is -2.30. The minimum absolute atomic E-state index is 0.213. The van der Waals surface area contributed by atoms with Gasteiger partial charge in [0.2, 0.25) is 0 Å². The van der Waals surface area contributed by atoms with Crippen LogP contribution in [0.25, 0.3) is 16.3 Å². The molecule has 0 bridgehead atoms. The van der Waals surface area contributed by atoms with Crippen molar-refractivity contribution in [3.8, 4) is 16.3 Å². The zero-order valence-corrected chi connectivity index (χ0v) is 17.8. The van der Waals surface area contributed by atoms with Crippen LogP contribution in [0.5, 0.6) is 0 Å². The van der Waals surface area contributed by atoms with Gasteiger partial charge in [0.05, 0.1) is 11.9 Å². The summed E-state index contributed by atoms with van der Waals surface area (Å²) in [6.07, 6.45) is 5.69. The Labute approximate surface area is 188 Å². The molecule has 9 heteroatoms. The van der Waals surface area contributed by atoms with Crippen molar-refractivity contribution in [1.82, 2.24) is 20.1 Å². The van der Waals surface area contributed by atoms with E-state index in [1.165, 1.54) is 11.3 Å². The number of carbonyl (C=O) groups excluding carboxylic acids is 2. The Bertz CT molecular complexity index is 1250. The first-order valence-corrected chi connectivity index (χ1v) is 11.1. The number of thiazole rings is 1. The molecule has 0 spiro atoms. The highest BCUT2D eigenvalue weighted by atomic mass is 32.1. The number of nitrogens with zero attached hydrogens (tertiary/aromatic N) is 3. The summed E-state index contributed by atoms with van der Waals surface area (Å²) in [6, 6.07) is 16.8. The van der Waals surface area contributed by atoms with Crippen LogP contribution >= 0.6 is 11.3 Å². The predicted molar refractivity (Wildman–Crippen MR) is 124 cm³/mol. The molecular weight excluding hydrogens is 424 g/mol. The Balaban J connectivity index is 1.21. The number of para-hydroxylation sites is 1. The summed E-state index contributed by atoms with van der Waals surface area (Å²) in [5.41, 5.74) is 3.42. The lowest BCUT2D eigenvalue weighted by atomic mass is 10.2. The fourth-order valence-corrected chi connectivity index (χ4v) is 3.85. The quantitative estimate of drug-likeness (QED) is 0.407. The van der Waals surface area contributed by atoms with Gasteiger partial charge >= 0.3 is 6.03 Å². The molecule has 0 atom stereocenters. The van der Waals surface area contributed by atoms with E-state index in [1.54, 1.807) is 40.5 Å². The van der Waals surface area contributed by atoms with Gasteiger partial charge < -0.3 is 16.0 Å². The van der Waals surface area contributed by atoms with Crippen molar-refractivity contribution in [3.05, 3.63) is 78.1 Å². The minimum Gasteiger partial charge on any atom is -0.335 e. The highest BCUT2D eigenvalue weighted by Crippen LogP contribution is 2.25. The van der Waals surface area contributed by atoms with Gasteiger partial charge in [0.15, 0.2) is 0 Å². The standard InChI is InChI=1S/C23H20N6O2S/c30-21(25-16-6-8-17(9-7-16)26-23(31)27-18-10-11-18)20-14-32-22(28-20)15-12-24-29(13-15)19-4-2-1-3-5-19/h1-9,12-14,18H,10-11H2,(H,25,30)(H2,26,27,31). The maximum absolute atomic E-state index is 12.6. The second-order valence-electron chi connectivity index (χ2n) is 7.45. The third kappa shape index (κ3) is 4.68. The zero-order valence-electron chi connectivity index (χ0n) is 17.0. The SMILES string of the molecule is O=C(Nc1ccc(NC(=O)c2csc(-c3cnn(-c4ccccc4)c3)n2)cc1)NC1CC1. The molecule has 3 N–H and O–H groups in total. The minimum atomic E-state index is -0.296. The summed E-state index contributed by atoms with van der Waals surface area (Å²) >= 11 is 1.39. The summed E-state index contributed by atoms with van der Waals surface area (Å²) in [5, 5.41) is 15.3. The molecule has 1 aliphatic carbocycles.